The molecule has 10 nitrogen and oxygen atoms in total. The lowest BCUT2D eigenvalue weighted by Crippen LogP contribution is -2.43. The third-order valence-corrected chi connectivity index (χ3v) is 6.00. The van der Waals surface area contributed by atoms with Crippen LogP contribution in [0.2, 0.25) is 0 Å². The van der Waals surface area contributed by atoms with Crippen LogP contribution in [0.4, 0.5) is 5.82 Å². The van der Waals surface area contributed by atoms with Crippen molar-refractivity contribution < 1.29 is 9.47 Å². The van der Waals surface area contributed by atoms with Crippen molar-refractivity contribution in [3.05, 3.63) is 46.6 Å². The van der Waals surface area contributed by atoms with Gasteiger partial charge in [-0.1, -0.05) is 0 Å². The van der Waals surface area contributed by atoms with Crippen LogP contribution in [0.15, 0.2) is 35.4 Å². The number of nitrogens with zero attached hydrogens (tertiary/aromatic N) is 5. The molecule has 3 aromatic heterocycles. The molecule has 2 aliphatic rings. The molecule has 11 heteroatoms. The molecule has 0 amide bonds. The first-order valence-electron chi connectivity index (χ1n) is 11.0. The maximum Gasteiger partial charge on any atom is 0.270 e. The summed E-state index contributed by atoms with van der Waals surface area (Å²) in [5.41, 5.74) is 7.83. The predicted octanol–water partition coefficient (Wildman–Crippen LogP) is 1.22. The summed E-state index contributed by atoms with van der Waals surface area (Å²) >= 11 is 0. The van der Waals surface area contributed by atoms with Gasteiger partial charge in [-0.05, 0) is 38.1 Å². The van der Waals surface area contributed by atoms with E-state index in [1.807, 2.05) is 6.07 Å². The van der Waals surface area contributed by atoms with E-state index in [1.54, 1.807) is 22.9 Å². The highest BCUT2D eigenvalue weighted by molar-refractivity contribution is 5.85. The lowest BCUT2D eigenvalue weighted by molar-refractivity contribution is 0.170. The van der Waals surface area contributed by atoms with Gasteiger partial charge in [0.05, 0.1) is 18.1 Å². The molecule has 0 saturated carbocycles. The van der Waals surface area contributed by atoms with Crippen molar-refractivity contribution in [1.82, 2.24) is 29.7 Å². The van der Waals surface area contributed by atoms with Crippen molar-refractivity contribution in [2.24, 2.45) is 0 Å². The third kappa shape index (κ3) is 5.35. The Labute approximate surface area is 197 Å². The lowest BCUT2D eigenvalue weighted by Gasteiger charge is -2.32. The Kier molecular flexibility index (Phi) is 7.26. The fraction of sp³-hybridized carbons (Fsp3) is 0.455. The van der Waals surface area contributed by atoms with Gasteiger partial charge < -0.3 is 25.4 Å². The number of fused-ring (bicyclic) bond motifs is 2. The van der Waals surface area contributed by atoms with Crippen molar-refractivity contribution in [2.45, 2.75) is 32.0 Å². The molecule has 5 rings (SSSR count). The molecule has 3 aromatic rings. The minimum atomic E-state index is -0.154. The standard InChI is InChI=1S/C22H27N7O3.ClH/c23-20-2-1-17-22(27-20)29(21(30)14-26-17)8-7-28-5-3-15(4-6-28)24-12-16-11-18-19(13-25-16)32-10-9-31-18;/h1-2,11,13-15,24H,3-10,12H2,(H2,23,27);1H. The molecule has 0 unspecified atom stereocenters. The number of halogens is 1. The van der Waals surface area contributed by atoms with Crippen LogP contribution in [0.25, 0.3) is 11.2 Å². The summed E-state index contributed by atoms with van der Waals surface area (Å²) in [6.07, 6.45) is 5.17. The smallest absolute Gasteiger partial charge is 0.270 e. The third-order valence-electron chi connectivity index (χ3n) is 6.00. The molecule has 0 bridgehead atoms. The second-order valence-corrected chi connectivity index (χ2v) is 8.14. The Bertz CT molecular complexity index is 1160. The summed E-state index contributed by atoms with van der Waals surface area (Å²) in [7, 11) is 0. The number of nitrogens with one attached hydrogen (secondary N) is 1. The fourth-order valence-electron chi connectivity index (χ4n) is 4.21. The van der Waals surface area contributed by atoms with Crippen molar-refractivity contribution >= 4 is 29.4 Å². The normalized spacial score (nSPS) is 16.5. The van der Waals surface area contributed by atoms with E-state index in [0.29, 0.717) is 55.1 Å². The zero-order valence-corrected chi connectivity index (χ0v) is 19.1. The number of nitrogen functional groups attached to an aromatic ring is 1. The van der Waals surface area contributed by atoms with Crippen LogP contribution in [0.5, 0.6) is 11.5 Å². The maximum atomic E-state index is 12.3. The minimum absolute atomic E-state index is 0. The molecule has 176 valence electrons. The summed E-state index contributed by atoms with van der Waals surface area (Å²) in [5.74, 6) is 1.87. The van der Waals surface area contributed by atoms with Crippen molar-refractivity contribution in [1.29, 1.82) is 0 Å². The minimum Gasteiger partial charge on any atom is -0.486 e. The zero-order chi connectivity index (χ0) is 21.9. The Morgan fingerprint density at radius 1 is 1.06 bits per heavy atom. The van der Waals surface area contributed by atoms with Gasteiger partial charge in [0.2, 0.25) is 0 Å². The highest BCUT2D eigenvalue weighted by Crippen LogP contribution is 2.29. The monoisotopic (exact) mass is 473 g/mol. The number of nitrogens with two attached hydrogens (primary N) is 1. The molecular formula is C22H28ClN7O3. The highest BCUT2D eigenvalue weighted by Gasteiger charge is 2.20. The Balaban J connectivity index is 0.00000259. The second-order valence-electron chi connectivity index (χ2n) is 8.14. The molecule has 0 spiro atoms. The van der Waals surface area contributed by atoms with E-state index < -0.39 is 0 Å². The van der Waals surface area contributed by atoms with Crippen molar-refractivity contribution in [3.63, 3.8) is 0 Å². The average molecular weight is 474 g/mol. The van der Waals surface area contributed by atoms with Gasteiger partial charge in [0.15, 0.2) is 17.1 Å². The molecule has 0 atom stereocenters. The van der Waals surface area contributed by atoms with Crippen molar-refractivity contribution in [2.75, 3.05) is 38.6 Å². The molecule has 5 heterocycles. The molecular weight excluding hydrogens is 446 g/mol. The Morgan fingerprint density at radius 2 is 1.85 bits per heavy atom. The van der Waals surface area contributed by atoms with Gasteiger partial charge in [-0.15, -0.1) is 12.4 Å². The van der Waals surface area contributed by atoms with Crippen LogP contribution in [-0.2, 0) is 13.1 Å². The van der Waals surface area contributed by atoms with Gasteiger partial charge in [-0.3, -0.25) is 14.3 Å². The fourth-order valence-corrected chi connectivity index (χ4v) is 4.21. The van der Waals surface area contributed by atoms with Crippen LogP contribution < -0.4 is 26.1 Å². The van der Waals surface area contributed by atoms with Gasteiger partial charge in [0.1, 0.15) is 24.5 Å². The summed E-state index contributed by atoms with van der Waals surface area (Å²) in [4.78, 5) is 27.7. The van der Waals surface area contributed by atoms with E-state index in [1.165, 1.54) is 6.20 Å². The summed E-state index contributed by atoms with van der Waals surface area (Å²) in [5, 5.41) is 3.61. The highest BCUT2D eigenvalue weighted by atomic mass is 35.5. The van der Waals surface area contributed by atoms with E-state index in [4.69, 9.17) is 15.2 Å². The first-order valence-corrected chi connectivity index (χ1v) is 11.0. The van der Waals surface area contributed by atoms with Crippen LogP contribution in [0.3, 0.4) is 0 Å². The van der Waals surface area contributed by atoms with E-state index in [0.717, 1.165) is 43.9 Å². The number of pyridine rings is 2. The number of ether oxygens (including phenoxy) is 2. The molecule has 3 N–H and O–H groups in total. The number of anilines is 1. The number of piperidine rings is 1. The predicted molar refractivity (Wildman–Crippen MR) is 127 cm³/mol. The van der Waals surface area contributed by atoms with Crippen LogP contribution in [0.1, 0.15) is 18.5 Å². The largest absolute Gasteiger partial charge is 0.486 e. The molecule has 1 saturated heterocycles. The topological polar surface area (TPSA) is 120 Å². The summed E-state index contributed by atoms with van der Waals surface area (Å²) < 4.78 is 12.8. The van der Waals surface area contributed by atoms with Gasteiger partial charge >= 0.3 is 0 Å². The van der Waals surface area contributed by atoms with E-state index in [-0.39, 0.29) is 18.0 Å². The lowest BCUT2D eigenvalue weighted by atomic mass is 10.0. The second kappa shape index (κ2) is 10.3. The zero-order valence-electron chi connectivity index (χ0n) is 18.3. The summed E-state index contributed by atoms with van der Waals surface area (Å²) in [6.45, 7) is 5.14. The van der Waals surface area contributed by atoms with Crippen LogP contribution in [0, 0.1) is 0 Å². The van der Waals surface area contributed by atoms with E-state index >= 15 is 0 Å². The summed E-state index contributed by atoms with van der Waals surface area (Å²) in [6, 6.07) is 5.88. The number of hydrogen-bond acceptors (Lipinski definition) is 9. The molecule has 33 heavy (non-hydrogen) atoms. The van der Waals surface area contributed by atoms with Gasteiger partial charge in [0, 0.05) is 31.7 Å². The molecule has 0 aliphatic carbocycles. The van der Waals surface area contributed by atoms with Gasteiger partial charge in [-0.2, -0.15) is 0 Å². The number of rotatable bonds is 6. The molecule has 0 aromatic carbocycles. The van der Waals surface area contributed by atoms with Crippen molar-refractivity contribution in [3.8, 4) is 11.5 Å². The van der Waals surface area contributed by atoms with Crippen LogP contribution >= 0.6 is 12.4 Å². The Hall–Kier alpha value is -2.95. The number of hydrogen-bond donors (Lipinski definition) is 2. The van der Waals surface area contributed by atoms with E-state index in [9.17, 15) is 4.79 Å². The SMILES string of the molecule is Cl.Nc1ccc2ncc(=O)n(CCN3CCC(NCc4cc5c(cn4)OCCO5)CC3)c2n1. The number of likely N-dealkylation sites (tertiary alicyclic amines) is 1. The first-order chi connectivity index (χ1) is 15.7. The molecule has 1 fully saturated rings. The average Bonchev–Trinajstić information content (AvgIpc) is 2.82. The Morgan fingerprint density at radius 3 is 2.67 bits per heavy atom. The molecule has 2 aliphatic heterocycles. The maximum absolute atomic E-state index is 12.3. The van der Waals surface area contributed by atoms with E-state index in [2.05, 4.69) is 25.2 Å². The van der Waals surface area contributed by atoms with Gasteiger partial charge in [-0.25, -0.2) is 9.97 Å². The number of aromatic nitrogens is 4. The quantitative estimate of drug-likeness (QED) is 0.544. The van der Waals surface area contributed by atoms with Crippen LogP contribution in [-0.4, -0.2) is 63.3 Å². The molecule has 0 radical (unpaired) electrons. The van der Waals surface area contributed by atoms with Gasteiger partial charge in [0.25, 0.3) is 5.56 Å². The first kappa shape index (κ1) is 23.2.